The van der Waals surface area contributed by atoms with Crippen LogP contribution in [-0.2, 0) is 14.8 Å². The Hall–Kier alpha value is -1.77. The van der Waals surface area contributed by atoms with Gasteiger partial charge in [0.1, 0.15) is 5.82 Å². The van der Waals surface area contributed by atoms with Gasteiger partial charge in [-0.05, 0) is 61.7 Å². The number of hydrogen-bond acceptors (Lipinski definition) is 3. The molecule has 1 unspecified atom stereocenters. The highest BCUT2D eigenvalue weighted by atomic mass is 79.9. The second-order valence-corrected chi connectivity index (χ2v) is 9.77. The summed E-state index contributed by atoms with van der Waals surface area (Å²) in [6.45, 7) is 2.46. The highest BCUT2D eigenvalue weighted by Gasteiger charge is 2.32. The fourth-order valence-electron chi connectivity index (χ4n) is 3.28. The molecule has 3 rings (SSSR count). The minimum absolute atomic E-state index is 0.0609. The number of halogens is 2. The molecular formula is C20H22BrFN2O3S. The first-order valence-electron chi connectivity index (χ1n) is 9.09. The molecule has 8 heteroatoms. The van der Waals surface area contributed by atoms with Crippen molar-refractivity contribution in [2.24, 2.45) is 5.92 Å². The number of rotatable bonds is 5. The molecule has 1 heterocycles. The van der Waals surface area contributed by atoms with E-state index in [1.54, 1.807) is 0 Å². The van der Waals surface area contributed by atoms with Crippen LogP contribution in [0, 0.1) is 11.7 Å². The Bertz CT molecular complexity index is 925. The molecule has 28 heavy (non-hydrogen) atoms. The summed E-state index contributed by atoms with van der Waals surface area (Å²) in [6.07, 6.45) is 0.915. The van der Waals surface area contributed by atoms with Crippen LogP contribution >= 0.6 is 15.9 Å². The first kappa shape index (κ1) is 21.0. The Morgan fingerprint density at radius 2 is 1.68 bits per heavy atom. The first-order valence-corrected chi connectivity index (χ1v) is 11.3. The van der Waals surface area contributed by atoms with Crippen LogP contribution in [0.2, 0.25) is 0 Å². The average molecular weight is 469 g/mol. The van der Waals surface area contributed by atoms with Crippen LogP contribution in [0.3, 0.4) is 0 Å². The molecule has 0 saturated carbocycles. The van der Waals surface area contributed by atoms with Gasteiger partial charge in [-0.3, -0.25) is 4.79 Å². The van der Waals surface area contributed by atoms with Crippen LogP contribution < -0.4 is 5.32 Å². The van der Waals surface area contributed by atoms with E-state index in [0.717, 1.165) is 22.2 Å². The zero-order valence-electron chi connectivity index (χ0n) is 15.4. The molecule has 2 aromatic rings. The van der Waals surface area contributed by atoms with Gasteiger partial charge >= 0.3 is 0 Å². The summed E-state index contributed by atoms with van der Waals surface area (Å²) in [5.74, 6) is -0.763. The number of nitrogens with zero attached hydrogens (tertiary/aromatic N) is 1. The van der Waals surface area contributed by atoms with Crippen molar-refractivity contribution in [3.63, 3.8) is 0 Å². The summed E-state index contributed by atoms with van der Waals surface area (Å²) in [4.78, 5) is 12.7. The molecule has 1 aliphatic rings. The second kappa shape index (κ2) is 8.71. The third-order valence-electron chi connectivity index (χ3n) is 5.00. The number of sulfonamides is 1. The maximum atomic E-state index is 13.0. The minimum Gasteiger partial charge on any atom is -0.349 e. The van der Waals surface area contributed by atoms with Crippen molar-refractivity contribution in [2.75, 3.05) is 13.1 Å². The van der Waals surface area contributed by atoms with E-state index < -0.39 is 15.8 Å². The van der Waals surface area contributed by atoms with Gasteiger partial charge in [0.15, 0.2) is 0 Å². The van der Waals surface area contributed by atoms with Crippen molar-refractivity contribution in [1.82, 2.24) is 9.62 Å². The predicted molar refractivity (Wildman–Crippen MR) is 109 cm³/mol. The maximum Gasteiger partial charge on any atom is 0.243 e. The van der Waals surface area contributed by atoms with Crippen LogP contribution in [0.4, 0.5) is 4.39 Å². The Morgan fingerprint density at radius 1 is 1.11 bits per heavy atom. The molecule has 1 fully saturated rings. The Labute approximate surface area is 173 Å². The highest BCUT2D eigenvalue weighted by Crippen LogP contribution is 2.25. The van der Waals surface area contributed by atoms with E-state index in [1.165, 1.54) is 16.4 Å². The molecule has 0 bridgehead atoms. The van der Waals surface area contributed by atoms with Gasteiger partial charge in [0.2, 0.25) is 15.9 Å². The van der Waals surface area contributed by atoms with Gasteiger partial charge < -0.3 is 5.32 Å². The summed E-state index contributed by atoms with van der Waals surface area (Å²) in [6, 6.07) is 12.4. The molecule has 1 amide bonds. The van der Waals surface area contributed by atoms with E-state index in [4.69, 9.17) is 0 Å². The second-order valence-electron chi connectivity index (χ2n) is 6.91. The lowest BCUT2D eigenvalue weighted by atomic mass is 9.96. The van der Waals surface area contributed by atoms with Crippen LogP contribution in [0.1, 0.15) is 31.4 Å². The molecular weight excluding hydrogens is 447 g/mol. The fourth-order valence-corrected chi connectivity index (χ4v) is 5.01. The number of hydrogen-bond donors (Lipinski definition) is 1. The van der Waals surface area contributed by atoms with E-state index in [1.807, 2.05) is 31.2 Å². The Morgan fingerprint density at radius 3 is 2.25 bits per heavy atom. The van der Waals surface area contributed by atoms with Crippen LogP contribution in [0.5, 0.6) is 0 Å². The minimum atomic E-state index is -3.67. The molecule has 1 atom stereocenters. The smallest absolute Gasteiger partial charge is 0.243 e. The molecule has 5 nitrogen and oxygen atoms in total. The van der Waals surface area contributed by atoms with Crippen molar-refractivity contribution < 1.29 is 17.6 Å². The standard InChI is InChI=1S/C20H22BrFN2O3S/c1-14(15-2-4-17(21)5-3-15)23-20(25)16-10-12-24(13-11-16)28(26,27)19-8-6-18(22)7-9-19/h2-9,14,16H,10-13H2,1H3,(H,23,25). The Balaban J connectivity index is 1.57. The van der Waals surface area contributed by atoms with Crippen molar-refractivity contribution in [3.05, 3.63) is 64.4 Å². The largest absolute Gasteiger partial charge is 0.349 e. The third kappa shape index (κ3) is 4.79. The van der Waals surface area contributed by atoms with Gasteiger partial charge in [-0.2, -0.15) is 4.31 Å². The lowest BCUT2D eigenvalue weighted by Crippen LogP contribution is -2.43. The Kier molecular flexibility index (Phi) is 6.52. The van der Waals surface area contributed by atoms with Crippen molar-refractivity contribution in [3.8, 4) is 0 Å². The molecule has 150 valence electrons. The molecule has 0 spiro atoms. The lowest BCUT2D eigenvalue weighted by Gasteiger charge is -2.31. The van der Waals surface area contributed by atoms with Gasteiger partial charge in [0.25, 0.3) is 0 Å². The number of piperidine rings is 1. The topological polar surface area (TPSA) is 66.5 Å². The monoisotopic (exact) mass is 468 g/mol. The number of carbonyl (C=O) groups excluding carboxylic acids is 1. The number of carbonyl (C=O) groups is 1. The quantitative estimate of drug-likeness (QED) is 0.723. The molecule has 1 saturated heterocycles. The first-order chi connectivity index (χ1) is 13.3. The summed E-state index contributed by atoms with van der Waals surface area (Å²) >= 11 is 3.39. The molecule has 0 radical (unpaired) electrons. The number of nitrogens with one attached hydrogen (secondary N) is 1. The number of benzene rings is 2. The molecule has 0 aliphatic carbocycles. The normalized spacial score (nSPS) is 17.2. The van der Waals surface area contributed by atoms with Crippen LogP contribution in [0.15, 0.2) is 57.9 Å². The third-order valence-corrected chi connectivity index (χ3v) is 7.45. The zero-order chi connectivity index (χ0) is 20.3. The van der Waals surface area contributed by atoms with Crippen LogP contribution in [0.25, 0.3) is 0 Å². The van der Waals surface area contributed by atoms with Crippen molar-refractivity contribution >= 4 is 31.9 Å². The SMILES string of the molecule is CC(NC(=O)C1CCN(S(=O)(=O)c2ccc(F)cc2)CC1)c1ccc(Br)cc1. The summed E-state index contributed by atoms with van der Waals surface area (Å²) in [5.41, 5.74) is 1.01. The van der Waals surface area contributed by atoms with E-state index in [9.17, 15) is 17.6 Å². The van der Waals surface area contributed by atoms with Gasteiger partial charge in [-0.15, -0.1) is 0 Å². The summed E-state index contributed by atoms with van der Waals surface area (Å²) < 4.78 is 40.7. The van der Waals surface area contributed by atoms with Gasteiger partial charge in [-0.1, -0.05) is 28.1 Å². The number of amides is 1. The molecule has 0 aromatic heterocycles. The molecule has 2 aromatic carbocycles. The van der Waals surface area contributed by atoms with E-state index in [2.05, 4.69) is 21.2 Å². The lowest BCUT2D eigenvalue weighted by molar-refractivity contribution is -0.126. The molecule has 1 N–H and O–H groups in total. The maximum absolute atomic E-state index is 13.0. The zero-order valence-corrected chi connectivity index (χ0v) is 17.8. The van der Waals surface area contributed by atoms with Gasteiger partial charge in [-0.25, -0.2) is 12.8 Å². The van der Waals surface area contributed by atoms with Crippen molar-refractivity contribution in [1.29, 1.82) is 0 Å². The molecule has 1 aliphatic heterocycles. The summed E-state index contributed by atoms with van der Waals surface area (Å²) in [7, 11) is -3.67. The predicted octanol–water partition coefficient (Wildman–Crippen LogP) is 3.87. The van der Waals surface area contributed by atoms with Crippen molar-refractivity contribution in [2.45, 2.75) is 30.7 Å². The van der Waals surface area contributed by atoms with Gasteiger partial charge in [0, 0.05) is 23.5 Å². The van der Waals surface area contributed by atoms with Gasteiger partial charge in [0.05, 0.1) is 10.9 Å². The summed E-state index contributed by atoms with van der Waals surface area (Å²) in [5, 5.41) is 3.01. The van der Waals surface area contributed by atoms with E-state index in [-0.39, 0.29) is 35.9 Å². The van der Waals surface area contributed by atoms with E-state index >= 15 is 0 Å². The highest BCUT2D eigenvalue weighted by molar-refractivity contribution is 9.10. The van der Waals surface area contributed by atoms with Crippen LogP contribution in [-0.4, -0.2) is 31.7 Å². The average Bonchev–Trinajstić information content (AvgIpc) is 2.69. The fraction of sp³-hybridized carbons (Fsp3) is 0.350. The van der Waals surface area contributed by atoms with E-state index in [0.29, 0.717) is 12.8 Å².